The third kappa shape index (κ3) is 2.07. The number of aromatic amines is 1. The normalized spacial score (nSPS) is 13.3. The average molecular weight is 269 g/mol. The third-order valence-electron chi connectivity index (χ3n) is 2.55. The Hall–Kier alpha value is -0.840. The van der Waals surface area contributed by atoms with Crippen molar-refractivity contribution in [3.63, 3.8) is 0 Å². The van der Waals surface area contributed by atoms with E-state index in [1.54, 1.807) is 0 Å². The number of aliphatic hydroxyl groups is 1. The summed E-state index contributed by atoms with van der Waals surface area (Å²) in [5.41, 5.74) is 7.64. The highest BCUT2D eigenvalue weighted by Gasteiger charge is 2.11. The van der Waals surface area contributed by atoms with Gasteiger partial charge in [0.15, 0.2) is 0 Å². The maximum Gasteiger partial charge on any atom is 0.0526 e. The van der Waals surface area contributed by atoms with E-state index >= 15 is 0 Å². The van der Waals surface area contributed by atoms with Crippen molar-refractivity contribution in [1.29, 1.82) is 0 Å². The summed E-state index contributed by atoms with van der Waals surface area (Å²) in [5.74, 6) is -0.00354. The number of nitrogens with one attached hydrogen (secondary N) is 1. The van der Waals surface area contributed by atoms with Crippen LogP contribution >= 0.6 is 15.9 Å². The minimum Gasteiger partial charge on any atom is -0.396 e. The van der Waals surface area contributed by atoms with Crippen LogP contribution in [0.25, 0.3) is 10.9 Å². The van der Waals surface area contributed by atoms with Crippen molar-refractivity contribution >= 4 is 26.8 Å². The van der Waals surface area contributed by atoms with E-state index in [2.05, 4.69) is 20.9 Å². The molecule has 1 aromatic heterocycles. The van der Waals surface area contributed by atoms with Crippen molar-refractivity contribution in [2.75, 3.05) is 13.2 Å². The molecular weight excluding hydrogens is 256 g/mol. The lowest BCUT2D eigenvalue weighted by Gasteiger charge is -2.07. The molecular formula is C11H13BrN2O. The fraction of sp³-hybridized carbons (Fsp3) is 0.273. The molecule has 4 heteroatoms. The molecule has 0 bridgehead atoms. The van der Waals surface area contributed by atoms with Crippen molar-refractivity contribution < 1.29 is 5.11 Å². The quantitative estimate of drug-likeness (QED) is 0.797. The highest BCUT2D eigenvalue weighted by molar-refractivity contribution is 9.10. The minimum atomic E-state index is -0.00354. The number of hydrogen-bond acceptors (Lipinski definition) is 2. The number of nitrogens with two attached hydrogens (primary N) is 1. The SMILES string of the molecule is NCC(CO)c1cc2cc(Br)ccc2[nH]1. The molecule has 3 nitrogen and oxygen atoms in total. The molecule has 2 rings (SSSR count). The lowest BCUT2D eigenvalue weighted by molar-refractivity contribution is 0.266. The number of aliphatic hydroxyl groups excluding tert-OH is 1. The van der Waals surface area contributed by atoms with Crippen LogP contribution in [0.15, 0.2) is 28.7 Å². The number of fused-ring (bicyclic) bond motifs is 1. The molecule has 0 fully saturated rings. The number of halogens is 1. The Labute approximate surface area is 96.4 Å². The maximum absolute atomic E-state index is 9.15. The van der Waals surface area contributed by atoms with E-state index in [1.807, 2.05) is 24.3 Å². The van der Waals surface area contributed by atoms with Gasteiger partial charge < -0.3 is 15.8 Å². The number of rotatable bonds is 3. The third-order valence-corrected chi connectivity index (χ3v) is 3.04. The van der Waals surface area contributed by atoms with Crippen molar-refractivity contribution in [2.45, 2.75) is 5.92 Å². The van der Waals surface area contributed by atoms with Crippen LogP contribution in [0.3, 0.4) is 0 Å². The minimum absolute atomic E-state index is 0.00354. The van der Waals surface area contributed by atoms with E-state index in [-0.39, 0.29) is 12.5 Å². The fourth-order valence-corrected chi connectivity index (χ4v) is 2.02. The first-order valence-corrected chi connectivity index (χ1v) is 5.63. The van der Waals surface area contributed by atoms with Crippen LogP contribution in [0.2, 0.25) is 0 Å². The Morgan fingerprint density at radius 2 is 2.20 bits per heavy atom. The zero-order chi connectivity index (χ0) is 10.8. The van der Waals surface area contributed by atoms with Crippen LogP contribution < -0.4 is 5.73 Å². The van der Waals surface area contributed by atoms with E-state index in [4.69, 9.17) is 10.8 Å². The van der Waals surface area contributed by atoms with Crippen LogP contribution in [-0.4, -0.2) is 23.2 Å². The molecule has 0 spiro atoms. The van der Waals surface area contributed by atoms with Gasteiger partial charge >= 0.3 is 0 Å². The number of benzene rings is 1. The Kier molecular flexibility index (Phi) is 3.09. The predicted molar refractivity (Wildman–Crippen MR) is 64.9 cm³/mol. The molecule has 0 radical (unpaired) electrons. The first-order valence-electron chi connectivity index (χ1n) is 4.83. The zero-order valence-corrected chi connectivity index (χ0v) is 9.79. The molecule has 1 unspecified atom stereocenters. The van der Waals surface area contributed by atoms with Crippen LogP contribution in [0.5, 0.6) is 0 Å². The van der Waals surface area contributed by atoms with Crippen LogP contribution in [0.1, 0.15) is 11.6 Å². The van der Waals surface area contributed by atoms with Gasteiger partial charge in [0.05, 0.1) is 6.61 Å². The summed E-state index contributed by atoms with van der Waals surface area (Å²) in [6, 6.07) is 8.07. The van der Waals surface area contributed by atoms with E-state index in [0.717, 1.165) is 21.1 Å². The van der Waals surface area contributed by atoms with Crippen molar-refractivity contribution in [1.82, 2.24) is 4.98 Å². The van der Waals surface area contributed by atoms with Gasteiger partial charge in [-0.2, -0.15) is 0 Å². The highest BCUT2D eigenvalue weighted by Crippen LogP contribution is 2.23. The molecule has 0 aliphatic heterocycles. The van der Waals surface area contributed by atoms with E-state index in [0.29, 0.717) is 6.54 Å². The highest BCUT2D eigenvalue weighted by atomic mass is 79.9. The maximum atomic E-state index is 9.15. The number of aromatic nitrogens is 1. The second kappa shape index (κ2) is 4.35. The smallest absolute Gasteiger partial charge is 0.0526 e. The standard InChI is InChI=1S/C11H13BrN2O/c12-9-1-2-10-7(3-9)4-11(14-10)8(5-13)6-15/h1-4,8,14-15H,5-6,13H2. The van der Waals surface area contributed by atoms with Gasteiger partial charge in [0.1, 0.15) is 0 Å². The molecule has 80 valence electrons. The van der Waals surface area contributed by atoms with Gasteiger partial charge in [-0.1, -0.05) is 15.9 Å². The summed E-state index contributed by atoms with van der Waals surface area (Å²) in [7, 11) is 0. The van der Waals surface area contributed by atoms with Crippen LogP contribution in [0, 0.1) is 0 Å². The molecule has 0 amide bonds. The van der Waals surface area contributed by atoms with E-state index in [1.165, 1.54) is 0 Å². The van der Waals surface area contributed by atoms with Gasteiger partial charge in [-0.3, -0.25) is 0 Å². The van der Waals surface area contributed by atoms with Crippen molar-refractivity contribution in [2.24, 2.45) is 5.73 Å². The van der Waals surface area contributed by atoms with Gasteiger partial charge in [-0.15, -0.1) is 0 Å². The van der Waals surface area contributed by atoms with Crippen LogP contribution in [-0.2, 0) is 0 Å². The molecule has 15 heavy (non-hydrogen) atoms. The fourth-order valence-electron chi connectivity index (χ4n) is 1.65. The Morgan fingerprint density at radius 1 is 1.40 bits per heavy atom. The lowest BCUT2D eigenvalue weighted by Crippen LogP contribution is -2.16. The monoisotopic (exact) mass is 268 g/mol. The Bertz CT molecular complexity index is 463. The molecule has 4 N–H and O–H groups in total. The van der Waals surface area contributed by atoms with Crippen molar-refractivity contribution in [3.05, 3.63) is 34.4 Å². The molecule has 0 aliphatic rings. The second-order valence-corrected chi connectivity index (χ2v) is 4.49. The van der Waals surface area contributed by atoms with Gasteiger partial charge in [-0.05, 0) is 24.3 Å². The molecule has 0 saturated heterocycles. The lowest BCUT2D eigenvalue weighted by atomic mass is 10.1. The molecule has 1 atom stereocenters. The first-order chi connectivity index (χ1) is 7.24. The Balaban J connectivity index is 2.46. The summed E-state index contributed by atoms with van der Waals surface area (Å²) in [6.45, 7) is 0.523. The van der Waals surface area contributed by atoms with Gasteiger partial charge in [-0.25, -0.2) is 0 Å². The summed E-state index contributed by atoms with van der Waals surface area (Å²) < 4.78 is 1.05. The summed E-state index contributed by atoms with van der Waals surface area (Å²) in [5, 5.41) is 10.3. The zero-order valence-electron chi connectivity index (χ0n) is 8.20. The molecule has 2 aromatic rings. The molecule has 1 aromatic carbocycles. The second-order valence-electron chi connectivity index (χ2n) is 3.57. The van der Waals surface area contributed by atoms with Crippen LogP contribution in [0.4, 0.5) is 0 Å². The van der Waals surface area contributed by atoms with Gasteiger partial charge in [0.25, 0.3) is 0 Å². The predicted octanol–water partition coefficient (Wildman–Crippen LogP) is 1.96. The van der Waals surface area contributed by atoms with Gasteiger partial charge in [0, 0.05) is 33.5 Å². The average Bonchev–Trinajstić information content (AvgIpc) is 2.62. The van der Waals surface area contributed by atoms with E-state index in [9.17, 15) is 0 Å². The molecule has 0 aliphatic carbocycles. The topological polar surface area (TPSA) is 62.0 Å². The Morgan fingerprint density at radius 3 is 2.87 bits per heavy atom. The largest absolute Gasteiger partial charge is 0.396 e. The summed E-state index contributed by atoms with van der Waals surface area (Å²) >= 11 is 3.42. The molecule has 1 heterocycles. The summed E-state index contributed by atoms with van der Waals surface area (Å²) in [6.07, 6.45) is 0. The van der Waals surface area contributed by atoms with Gasteiger partial charge in [0.2, 0.25) is 0 Å². The van der Waals surface area contributed by atoms with E-state index < -0.39 is 0 Å². The number of hydrogen-bond donors (Lipinski definition) is 3. The number of H-pyrrole nitrogens is 1. The molecule has 0 saturated carbocycles. The van der Waals surface area contributed by atoms with Crippen molar-refractivity contribution in [3.8, 4) is 0 Å². The summed E-state index contributed by atoms with van der Waals surface area (Å²) in [4.78, 5) is 3.26. The first kappa shape index (κ1) is 10.7.